The van der Waals surface area contributed by atoms with E-state index in [4.69, 9.17) is 4.74 Å². The molecule has 0 radical (unpaired) electrons. The van der Waals surface area contributed by atoms with Gasteiger partial charge < -0.3 is 9.30 Å². The zero-order valence-corrected chi connectivity index (χ0v) is 13.8. The van der Waals surface area contributed by atoms with Gasteiger partial charge >= 0.3 is 0 Å². The Balaban J connectivity index is 1.54. The maximum Gasteiger partial charge on any atom is 0.189 e. The fraction of sp³-hybridized carbons (Fsp3) is 0.100. The van der Waals surface area contributed by atoms with Gasteiger partial charge in [0.2, 0.25) is 0 Å². The van der Waals surface area contributed by atoms with Gasteiger partial charge in [0.05, 0.1) is 17.4 Å². The molecule has 0 bridgehead atoms. The molecular formula is C20H17N3O2. The zero-order valence-electron chi connectivity index (χ0n) is 13.8. The molecule has 0 aliphatic carbocycles. The second-order valence-electron chi connectivity index (χ2n) is 5.89. The SMILES string of the molecule is Cn1ccc(=O)c2ccc(OCc3cnn(-c4ccccc4)c3)cc21. The minimum absolute atomic E-state index is 0.0174. The van der Waals surface area contributed by atoms with Crippen LogP contribution in [0.2, 0.25) is 0 Å². The summed E-state index contributed by atoms with van der Waals surface area (Å²) < 4.78 is 9.61. The third-order valence-corrected chi connectivity index (χ3v) is 4.13. The Morgan fingerprint density at radius 2 is 1.92 bits per heavy atom. The molecular weight excluding hydrogens is 314 g/mol. The van der Waals surface area contributed by atoms with E-state index in [0.29, 0.717) is 12.0 Å². The monoisotopic (exact) mass is 331 g/mol. The van der Waals surface area contributed by atoms with E-state index in [1.807, 2.05) is 65.0 Å². The van der Waals surface area contributed by atoms with Crippen molar-refractivity contribution in [2.75, 3.05) is 0 Å². The third-order valence-electron chi connectivity index (χ3n) is 4.13. The molecule has 2 aromatic heterocycles. The van der Waals surface area contributed by atoms with Gasteiger partial charge in [-0.2, -0.15) is 5.10 Å². The molecule has 4 aromatic rings. The number of fused-ring (bicyclic) bond motifs is 1. The Bertz CT molecular complexity index is 1080. The molecule has 0 aliphatic heterocycles. The van der Waals surface area contributed by atoms with E-state index in [2.05, 4.69) is 5.10 Å². The molecule has 0 unspecified atom stereocenters. The minimum atomic E-state index is 0.0174. The van der Waals surface area contributed by atoms with Gasteiger partial charge in [-0.05, 0) is 24.3 Å². The van der Waals surface area contributed by atoms with Gasteiger partial charge in [0, 0.05) is 42.5 Å². The molecule has 2 aromatic carbocycles. The van der Waals surface area contributed by atoms with Crippen LogP contribution in [0.5, 0.6) is 5.75 Å². The number of pyridine rings is 1. The van der Waals surface area contributed by atoms with Crippen molar-refractivity contribution in [3.63, 3.8) is 0 Å². The normalized spacial score (nSPS) is 10.9. The van der Waals surface area contributed by atoms with Crippen molar-refractivity contribution < 1.29 is 4.74 Å². The summed E-state index contributed by atoms with van der Waals surface area (Å²) in [5.41, 5.74) is 2.86. The number of ether oxygens (including phenoxy) is 1. The van der Waals surface area contributed by atoms with Crippen LogP contribution in [-0.4, -0.2) is 14.3 Å². The predicted octanol–water partition coefficient (Wildman–Crippen LogP) is 3.30. The molecule has 5 heteroatoms. The molecule has 124 valence electrons. The van der Waals surface area contributed by atoms with Gasteiger partial charge in [0.15, 0.2) is 5.43 Å². The highest BCUT2D eigenvalue weighted by Crippen LogP contribution is 2.19. The molecule has 4 rings (SSSR count). The van der Waals surface area contributed by atoms with Crippen LogP contribution in [0.3, 0.4) is 0 Å². The molecule has 0 spiro atoms. The Kier molecular flexibility index (Phi) is 3.82. The first-order chi connectivity index (χ1) is 12.2. The molecule has 5 nitrogen and oxygen atoms in total. The first kappa shape index (κ1) is 15.2. The van der Waals surface area contributed by atoms with Crippen LogP contribution in [0, 0.1) is 0 Å². The van der Waals surface area contributed by atoms with Crippen LogP contribution >= 0.6 is 0 Å². The first-order valence-corrected chi connectivity index (χ1v) is 8.02. The molecule has 25 heavy (non-hydrogen) atoms. The van der Waals surface area contributed by atoms with E-state index < -0.39 is 0 Å². The minimum Gasteiger partial charge on any atom is -0.489 e. The number of aryl methyl sites for hydroxylation is 1. The highest BCUT2D eigenvalue weighted by Gasteiger charge is 2.05. The van der Waals surface area contributed by atoms with Crippen molar-refractivity contribution in [3.8, 4) is 11.4 Å². The summed E-state index contributed by atoms with van der Waals surface area (Å²) in [6, 6.07) is 17.0. The topological polar surface area (TPSA) is 49.1 Å². The quantitative estimate of drug-likeness (QED) is 0.576. The summed E-state index contributed by atoms with van der Waals surface area (Å²) in [5, 5.41) is 5.05. The van der Waals surface area contributed by atoms with E-state index in [1.165, 1.54) is 0 Å². The number of para-hydroxylation sites is 1. The van der Waals surface area contributed by atoms with E-state index in [1.54, 1.807) is 24.5 Å². The summed E-state index contributed by atoms with van der Waals surface area (Å²) in [4.78, 5) is 11.9. The van der Waals surface area contributed by atoms with Gasteiger partial charge in [-0.15, -0.1) is 0 Å². The lowest BCUT2D eigenvalue weighted by Gasteiger charge is -2.08. The Morgan fingerprint density at radius 1 is 1.08 bits per heavy atom. The number of hydrogen-bond donors (Lipinski definition) is 0. The molecule has 0 N–H and O–H groups in total. The van der Waals surface area contributed by atoms with Crippen molar-refractivity contribution in [3.05, 3.63) is 89.0 Å². The summed E-state index contributed by atoms with van der Waals surface area (Å²) in [7, 11) is 1.91. The van der Waals surface area contributed by atoms with E-state index >= 15 is 0 Å². The second-order valence-corrected chi connectivity index (χ2v) is 5.89. The number of aromatic nitrogens is 3. The van der Waals surface area contributed by atoms with Crippen LogP contribution in [0.15, 0.2) is 78.0 Å². The third kappa shape index (κ3) is 3.04. The number of nitrogens with zero attached hydrogens (tertiary/aromatic N) is 3. The molecule has 0 atom stereocenters. The average molecular weight is 331 g/mol. The van der Waals surface area contributed by atoms with Crippen molar-refractivity contribution in [2.24, 2.45) is 7.05 Å². The lowest BCUT2D eigenvalue weighted by atomic mass is 10.2. The van der Waals surface area contributed by atoms with Crippen molar-refractivity contribution in [2.45, 2.75) is 6.61 Å². The number of benzene rings is 2. The fourth-order valence-electron chi connectivity index (χ4n) is 2.77. The molecule has 0 saturated carbocycles. The van der Waals surface area contributed by atoms with Gasteiger partial charge in [-0.25, -0.2) is 4.68 Å². The largest absolute Gasteiger partial charge is 0.489 e. The Labute approximate surface area is 144 Å². The van der Waals surface area contributed by atoms with Crippen molar-refractivity contribution >= 4 is 10.9 Å². The lowest BCUT2D eigenvalue weighted by molar-refractivity contribution is 0.306. The van der Waals surface area contributed by atoms with E-state index in [-0.39, 0.29) is 5.43 Å². The molecule has 0 saturated heterocycles. The second kappa shape index (κ2) is 6.28. The van der Waals surface area contributed by atoms with Crippen LogP contribution in [0.25, 0.3) is 16.6 Å². The standard InChI is InChI=1S/C20H17N3O2/c1-22-10-9-20(24)18-8-7-17(11-19(18)22)25-14-15-12-21-23(13-15)16-5-3-2-4-6-16/h2-13H,14H2,1H3. The number of rotatable bonds is 4. The van der Waals surface area contributed by atoms with Crippen molar-refractivity contribution in [1.82, 2.24) is 14.3 Å². The predicted molar refractivity (Wildman–Crippen MR) is 97.1 cm³/mol. The van der Waals surface area contributed by atoms with Crippen LogP contribution in [-0.2, 0) is 13.7 Å². The maximum absolute atomic E-state index is 11.9. The average Bonchev–Trinajstić information content (AvgIpc) is 3.13. The first-order valence-electron chi connectivity index (χ1n) is 8.02. The van der Waals surface area contributed by atoms with Crippen LogP contribution < -0.4 is 10.2 Å². The van der Waals surface area contributed by atoms with Crippen molar-refractivity contribution in [1.29, 1.82) is 0 Å². The molecule has 0 aliphatic rings. The number of hydrogen-bond acceptors (Lipinski definition) is 3. The van der Waals surface area contributed by atoms with Gasteiger partial charge in [-0.3, -0.25) is 4.79 Å². The Hall–Kier alpha value is -3.34. The molecule has 0 amide bonds. The van der Waals surface area contributed by atoms with E-state index in [9.17, 15) is 4.79 Å². The van der Waals surface area contributed by atoms with Gasteiger partial charge in [0.25, 0.3) is 0 Å². The molecule has 2 heterocycles. The highest BCUT2D eigenvalue weighted by atomic mass is 16.5. The summed E-state index contributed by atoms with van der Waals surface area (Å²) in [6.07, 6.45) is 5.51. The Morgan fingerprint density at radius 3 is 2.76 bits per heavy atom. The van der Waals surface area contributed by atoms with Crippen LogP contribution in [0.1, 0.15) is 5.56 Å². The smallest absolute Gasteiger partial charge is 0.189 e. The maximum atomic E-state index is 11.9. The highest BCUT2D eigenvalue weighted by molar-refractivity contribution is 5.80. The fourth-order valence-corrected chi connectivity index (χ4v) is 2.77. The summed E-state index contributed by atoms with van der Waals surface area (Å²) in [6.45, 7) is 0.416. The summed E-state index contributed by atoms with van der Waals surface area (Å²) in [5.74, 6) is 0.723. The summed E-state index contributed by atoms with van der Waals surface area (Å²) >= 11 is 0. The molecule has 0 fully saturated rings. The van der Waals surface area contributed by atoms with Gasteiger partial charge in [0.1, 0.15) is 12.4 Å². The van der Waals surface area contributed by atoms with E-state index in [0.717, 1.165) is 22.5 Å². The van der Waals surface area contributed by atoms with Gasteiger partial charge in [-0.1, -0.05) is 18.2 Å². The zero-order chi connectivity index (χ0) is 17.2. The lowest BCUT2D eigenvalue weighted by Crippen LogP contribution is -2.05. The van der Waals surface area contributed by atoms with Crippen LogP contribution in [0.4, 0.5) is 0 Å².